The first kappa shape index (κ1) is 14.1. The molecule has 1 saturated carbocycles. The van der Waals surface area contributed by atoms with Crippen molar-refractivity contribution in [3.8, 4) is 0 Å². The second-order valence-electron chi connectivity index (χ2n) is 5.44. The molecule has 1 aliphatic carbocycles. The maximum Gasteiger partial charge on any atom is 0.271 e. The van der Waals surface area contributed by atoms with Crippen LogP contribution in [0.3, 0.4) is 0 Å². The SMILES string of the molecule is C[C@H]1[C@H](C)CCC[C@H]1Nc1ccc([N+](=O)[O-])cc1Cl. The van der Waals surface area contributed by atoms with Crippen LogP contribution in [0.1, 0.15) is 33.1 Å². The Labute approximate surface area is 118 Å². The Morgan fingerprint density at radius 3 is 2.74 bits per heavy atom. The van der Waals surface area contributed by atoms with E-state index in [0.29, 0.717) is 22.9 Å². The number of anilines is 1. The predicted octanol–water partition coefficient (Wildman–Crippen LogP) is 4.48. The molecule has 0 spiro atoms. The molecule has 1 aliphatic rings. The molecule has 104 valence electrons. The highest BCUT2D eigenvalue weighted by molar-refractivity contribution is 6.33. The fraction of sp³-hybridized carbons (Fsp3) is 0.571. The molecule has 0 saturated heterocycles. The molecule has 0 bridgehead atoms. The maximum atomic E-state index is 10.7. The zero-order valence-electron chi connectivity index (χ0n) is 11.2. The van der Waals surface area contributed by atoms with E-state index >= 15 is 0 Å². The Morgan fingerprint density at radius 1 is 1.37 bits per heavy atom. The molecule has 0 aromatic heterocycles. The van der Waals surface area contributed by atoms with Gasteiger partial charge in [-0.2, -0.15) is 0 Å². The molecule has 3 atom stereocenters. The van der Waals surface area contributed by atoms with Crippen LogP contribution < -0.4 is 5.32 Å². The summed E-state index contributed by atoms with van der Waals surface area (Å²) in [5, 5.41) is 14.5. The molecule has 1 N–H and O–H groups in total. The zero-order chi connectivity index (χ0) is 14.0. The number of hydrogen-bond donors (Lipinski definition) is 1. The van der Waals surface area contributed by atoms with Gasteiger partial charge in [0.05, 0.1) is 15.6 Å². The molecule has 5 heteroatoms. The van der Waals surface area contributed by atoms with Crippen LogP contribution in [-0.2, 0) is 0 Å². The highest BCUT2D eigenvalue weighted by atomic mass is 35.5. The molecule has 0 amide bonds. The lowest BCUT2D eigenvalue weighted by Crippen LogP contribution is -2.35. The predicted molar refractivity (Wildman–Crippen MR) is 77.7 cm³/mol. The third kappa shape index (κ3) is 3.18. The third-order valence-corrected chi connectivity index (χ3v) is 4.52. The lowest BCUT2D eigenvalue weighted by Gasteiger charge is -2.35. The first-order chi connectivity index (χ1) is 8.99. The molecule has 2 rings (SSSR count). The summed E-state index contributed by atoms with van der Waals surface area (Å²) in [5.41, 5.74) is 0.818. The molecule has 1 aromatic carbocycles. The minimum atomic E-state index is -0.430. The summed E-state index contributed by atoms with van der Waals surface area (Å²) in [4.78, 5) is 10.2. The van der Waals surface area contributed by atoms with Gasteiger partial charge in [0, 0.05) is 18.2 Å². The second-order valence-corrected chi connectivity index (χ2v) is 5.85. The van der Waals surface area contributed by atoms with Crippen LogP contribution in [-0.4, -0.2) is 11.0 Å². The number of nitro groups is 1. The topological polar surface area (TPSA) is 55.2 Å². The molecular formula is C14H19ClN2O2. The fourth-order valence-corrected chi connectivity index (χ4v) is 2.95. The lowest BCUT2D eigenvalue weighted by atomic mass is 9.78. The molecule has 0 heterocycles. The monoisotopic (exact) mass is 282 g/mol. The Hall–Kier alpha value is -1.29. The van der Waals surface area contributed by atoms with Gasteiger partial charge >= 0.3 is 0 Å². The summed E-state index contributed by atoms with van der Waals surface area (Å²) in [7, 11) is 0. The fourth-order valence-electron chi connectivity index (χ4n) is 2.72. The van der Waals surface area contributed by atoms with Crippen molar-refractivity contribution >= 4 is 23.0 Å². The number of hydrogen-bond acceptors (Lipinski definition) is 3. The summed E-state index contributed by atoms with van der Waals surface area (Å²) in [5.74, 6) is 1.28. The van der Waals surface area contributed by atoms with E-state index in [1.807, 2.05) is 0 Å². The Balaban J connectivity index is 2.12. The molecule has 0 aliphatic heterocycles. The van der Waals surface area contributed by atoms with E-state index in [1.54, 1.807) is 6.07 Å². The van der Waals surface area contributed by atoms with Gasteiger partial charge in [0.15, 0.2) is 0 Å². The van der Waals surface area contributed by atoms with Gasteiger partial charge in [-0.05, 0) is 24.3 Å². The average Bonchev–Trinajstić information content (AvgIpc) is 2.37. The Bertz CT molecular complexity index is 479. The van der Waals surface area contributed by atoms with Gasteiger partial charge in [-0.1, -0.05) is 38.3 Å². The van der Waals surface area contributed by atoms with Crippen LogP contribution in [0.5, 0.6) is 0 Å². The number of benzene rings is 1. The first-order valence-corrected chi connectivity index (χ1v) is 7.07. The van der Waals surface area contributed by atoms with Crippen molar-refractivity contribution in [3.63, 3.8) is 0 Å². The van der Waals surface area contributed by atoms with Gasteiger partial charge < -0.3 is 5.32 Å². The number of rotatable bonds is 3. The Kier molecular flexibility index (Phi) is 4.30. The van der Waals surface area contributed by atoms with Crippen LogP contribution in [0, 0.1) is 22.0 Å². The van der Waals surface area contributed by atoms with E-state index in [0.717, 1.165) is 12.1 Å². The van der Waals surface area contributed by atoms with Crippen LogP contribution in [0.4, 0.5) is 11.4 Å². The summed E-state index contributed by atoms with van der Waals surface area (Å²) in [6.07, 6.45) is 3.61. The van der Waals surface area contributed by atoms with Crippen LogP contribution in [0.15, 0.2) is 18.2 Å². The molecule has 4 nitrogen and oxygen atoms in total. The number of nitro benzene ring substituents is 1. The highest BCUT2D eigenvalue weighted by Crippen LogP contribution is 2.34. The van der Waals surface area contributed by atoms with E-state index in [1.165, 1.54) is 25.0 Å². The minimum absolute atomic E-state index is 0.0283. The van der Waals surface area contributed by atoms with Crippen molar-refractivity contribution in [3.05, 3.63) is 33.3 Å². The summed E-state index contributed by atoms with van der Waals surface area (Å²) >= 11 is 6.11. The van der Waals surface area contributed by atoms with E-state index in [9.17, 15) is 10.1 Å². The number of nitrogens with one attached hydrogen (secondary N) is 1. The molecule has 1 aromatic rings. The van der Waals surface area contributed by atoms with Gasteiger partial charge in [0.2, 0.25) is 0 Å². The largest absolute Gasteiger partial charge is 0.381 e. The molecule has 19 heavy (non-hydrogen) atoms. The van der Waals surface area contributed by atoms with Crippen molar-refractivity contribution in [1.82, 2.24) is 0 Å². The van der Waals surface area contributed by atoms with Gasteiger partial charge in [0.25, 0.3) is 5.69 Å². The van der Waals surface area contributed by atoms with Crippen molar-refractivity contribution < 1.29 is 4.92 Å². The normalized spacial score (nSPS) is 27.0. The van der Waals surface area contributed by atoms with E-state index in [-0.39, 0.29) is 5.69 Å². The standard InChI is InChI=1S/C14H19ClN2O2/c1-9-4-3-5-13(10(9)2)16-14-7-6-11(17(18)19)8-12(14)15/h6-10,13,16H,3-5H2,1-2H3/t9-,10+,13-/m1/s1. The summed E-state index contributed by atoms with van der Waals surface area (Å²) in [6, 6.07) is 4.99. The molecule has 0 unspecified atom stereocenters. The van der Waals surface area contributed by atoms with Crippen LogP contribution >= 0.6 is 11.6 Å². The maximum absolute atomic E-state index is 10.7. The first-order valence-electron chi connectivity index (χ1n) is 6.69. The smallest absolute Gasteiger partial charge is 0.271 e. The molecule has 1 fully saturated rings. The highest BCUT2D eigenvalue weighted by Gasteiger charge is 2.27. The number of halogens is 1. The molecule has 0 radical (unpaired) electrons. The van der Waals surface area contributed by atoms with E-state index < -0.39 is 4.92 Å². The van der Waals surface area contributed by atoms with E-state index in [2.05, 4.69) is 19.2 Å². The molecular weight excluding hydrogens is 264 g/mol. The van der Waals surface area contributed by atoms with Crippen molar-refractivity contribution in [2.75, 3.05) is 5.32 Å². The van der Waals surface area contributed by atoms with Crippen molar-refractivity contribution in [1.29, 1.82) is 0 Å². The summed E-state index contributed by atoms with van der Waals surface area (Å²) < 4.78 is 0. The van der Waals surface area contributed by atoms with Crippen molar-refractivity contribution in [2.24, 2.45) is 11.8 Å². The quantitative estimate of drug-likeness (QED) is 0.657. The second kappa shape index (κ2) is 5.78. The third-order valence-electron chi connectivity index (χ3n) is 4.21. The van der Waals surface area contributed by atoms with Crippen LogP contribution in [0.2, 0.25) is 5.02 Å². The Morgan fingerprint density at radius 2 is 2.11 bits per heavy atom. The van der Waals surface area contributed by atoms with E-state index in [4.69, 9.17) is 11.6 Å². The van der Waals surface area contributed by atoms with Gasteiger partial charge in [0.1, 0.15) is 0 Å². The summed E-state index contributed by atoms with van der Waals surface area (Å²) in [6.45, 7) is 4.52. The zero-order valence-corrected chi connectivity index (χ0v) is 12.0. The van der Waals surface area contributed by atoms with Crippen molar-refractivity contribution in [2.45, 2.75) is 39.2 Å². The average molecular weight is 283 g/mol. The van der Waals surface area contributed by atoms with Gasteiger partial charge in [-0.25, -0.2) is 0 Å². The van der Waals surface area contributed by atoms with Gasteiger partial charge in [-0.15, -0.1) is 0 Å². The minimum Gasteiger partial charge on any atom is -0.381 e. The van der Waals surface area contributed by atoms with Crippen LogP contribution in [0.25, 0.3) is 0 Å². The lowest BCUT2D eigenvalue weighted by molar-refractivity contribution is -0.384. The van der Waals surface area contributed by atoms with Gasteiger partial charge in [-0.3, -0.25) is 10.1 Å². The number of nitrogens with zero attached hydrogens (tertiary/aromatic N) is 1. The number of non-ortho nitro benzene ring substituents is 1.